The van der Waals surface area contributed by atoms with Crippen LogP contribution in [-0.2, 0) is 4.74 Å². The number of likely N-dealkylation sites (tertiary alicyclic amines) is 1. The highest BCUT2D eigenvalue weighted by Gasteiger charge is 2.46. The fourth-order valence-electron chi connectivity index (χ4n) is 4.51. The van der Waals surface area contributed by atoms with Crippen LogP contribution in [0.2, 0.25) is 0 Å². The SMILES string of the molecule is CO[C@@H]1CCC[C@]12CCCN(C(=O)c1c(C)cc(=O)oc1C)C2. The Labute approximate surface area is 136 Å². The predicted molar refractivity (Wildman–Crippen MR) is 86.7 cm³/mol. The molecule has 23 heavy (non-hydrogen) atoms. The van der Waals surface area contributed by atoms with E-state index >= 15 is 0 Å². The minimum atomic E-state index is -0.401. The zero-order valence-electron chi connectivity index (χ0n) is 14.2. The molecule has 5 heteroatoms. The summed E-state index contributed by atoms with van der Waals surface area (Å²) in [5.74, 6) is 0.388. The van der Waals surface area contributed by atoms with Crippen molar-refractivity contribution in [2.45, 2.75) is 52.1 Å². The smallest absolute Gasteiger partial charge is 0.336 e. The summed E-state index contributed by atoms with van der Waals surface area (Å²) in [5, 5.41) is 0. The molecule has 2 atom stereocenters. The van der Waals surface area contributed by atoms with Gasteiger partial charge in [0.1, 0.15) is 5.76 Å². The van der Waals surface area contributed by atoms with Crippen molar-refractivity contribution >= 4 is 5.91 Å². The molecule has 1 spiro atoms. The van der Waals surface area contributed by atoms with Gasteiger partial charge in [0.25, 0.3) is 5.91 Å². The Balaban J connectivity index is 1.87. The van der Waals surface area contributed by atoms with E-state index < -0.39 is 5.63 Å². The number of nitrogens with zero attached hydrogens (tertiary/aromatic N) is 1. The minimum absolute atomic E-state index is 0.0235. The number of carbonyl (C=O) groups is 1. The van der Waals surface area contributed by atoms with E-state index in [-0.39, 0.29) is 17.4 Å². The lowest BCUT2D eigenvalue weighted by Gasteiger charge is -2.43. The molecule has 1 saturated carbocycles. The van der Waals surface area contributed by atoms with E-state index in [1.54, 1.807) is 21.0 Å². The van der Waals surface area contributed by atoms with Crippen LogP contribution in [0.3, 0.4) is 0 Å². The second-order valence-electron chi connectivity index (χ2n) is 6.99. The molecule has 1 saturated heterocycles. The zero-order valence-corrected chi connectivity index (χ0v) is 14.2. The molecular formula is C18H25NO4. The topological polar surface area (TPSA) is 59.8 Å². The van der Waals surface area contributed by atoms with E-state index in [1.807, 2.05) is 4.90 Å². The molecular weight excluding hydrogens is 294 g/mol. The Morgan fingerprint density at radius 1 is 1.35 bits per heavy atom. The van der Waals surface area contributed by atoms with Crippen molar-refractivity contribution in [2.75, 3.05) is 20.2 Å². The van der Waals surface area contributed by atoms with Crippen LogP contribution in [-0.4, -0.2) is 37.1 Å². The molecule has 1 amide bonds. The third-order valence-corrected chi connectivity index (χ3v) is 5.55. The van der Waals surface area contributed by atoms with Crippen LogP contribution in [0.5, 0.6) is 0 Å². The molecule has 2 heterocycles. The van der Waals surface area contributed by atoms with Gasteiger partial charge in [-0.3, -0.25) is 4.79 Å². The van der Waals surface area contributed by atoms with E-state index in [1.165, 1.54) is 12.5 Å². The lowest BCUT2D eigenvalue weighted by molar-refractivity contribution is -0.0296. The number of methoxy groups -OCH3 is 1. The van der Waals surface area contributed by atoms with Crippen molar-refractivity contribution in [1.29, 1.82) is 0 Å². The molecule has 2 aliphatic rings. The average Bonchev–Trinajstić information content (AvgIpc) is 2.88. The van der Waals surface area contributed by atoms with Gasteiger partial charge in [-0.2, -0.15) is 0 Å². The summed E-state index contributed by atoms with van der Waals surface area (Å²) in [5.41, 5.74) is 0.925. The Hall–Kier alpha value is -1.62. The van der Waals surface area contributed by atoms with Gasteiger partial charge in [0.15, 0.2) is 0 Å². The summed E-state index contributed by atoms with van der Waals surface area (Å²) in [6, 6.07) is 1.40. The molecule has 0 radical (unpaired) electrons. The first-order valence-electron chi connectivity index (χ1n) is 8.40. The summed E-state index contributed by atoms with van der Waals surface area (Å²) in [7, 11) is 1.78. The highest BCUT2D eigenvalue weighted by Crippen LogP contribution is 2.46. The number of piperidine rings is 1. The highest BCUT2D eigenvalue weighted by molar-refractivity contribution is 5.96. The van der Waals surface area contributed by atoms with Crippen molar-refractivity contribution in [3.8, 4) is 0 Å². The second-order valence-corrected chi connectivity index (χ2v) is 6.99. The Bertz CT molecular complexity index is 639. The van der Waals surface area contributed by atoms with Crippen molar-refractivity contribution in [1.82, 2.24) is 4.90 Å². The first-order chi connectivity index (χ1) is 11.0. The Morgan fingerprint density at radius 3 is 2.78 bits per heavy atom. The molecule has 0 N–H and O–H groups in total. The lowest BCUT2D eigenvalue weighted by atomic mass is 9.76. The fourth-order valence-corrected chi connectivity index (χ4v) is 4.51. The average molecular weight is 319 g/mol. The van der Waals surface area contributed by atoms with Gasteiger partial charge in [-0.1, -0.05) is 6.42 Å². The van der Waals surface area contributed by atoms with E-state index in [0.29, 0.717) is 16.9 Å². The third-order valence-electron chi connectivity index (χ3n) is 5.55. The summed E-state index contributed by atoms with van der Waals surface area (Å²) in [4.78, 5) is 26.4. The van der Waals surface area contributed by atoms with E-state index in [9.17, 15) is 9.59 Å². The number of carbonyl (C=O) groups excluding carboxylic acids is 1. The molecule has 1 aliphatic heterocycles. The van der Waals surface area contributed by atoms with Gasteiger partial charge in [0.2, 0.25) is 0 Å². The number of hydrogen-bond donors (Lipinski definition) is 0. The normalized spacial score (nSPS) is 27.6. The van der Waals surface area contributed by atoms with Crippen LogP contribution in [0, 0.1) is 19.3 Å². The summed E-state index contributed by atoms with van der Waals surface area (Å²) >= 11 is 0. The standard InChI is InChI=1S/C18H25NO4/c1-12-10-15(20)23-13(2)16(12)17(21)19-9-5-8-18(11-19)7-4-6-14(18)22-3/h10,14H,4-9,11H2,1-3H3/t14-,18-/m1/s1. The van der Waals surface area contributed by atoms with Gasteiger partial charge in [-0.05, 0) is 45.1 Å². The Kier molecular flexibility index (Phi) is 4.32. The predicted octanol–water partition coefficient (Wildman–Crippen LogP) is 2.68. The van der Waals surface area contributed by atoms with E-state index in [4.69, 9.17) is 9.15 Å². The molecule has 126 valence electrons. The Morgan fingerprint density at radius 2 is 2.09 bits per heavy atom. The van der Waals surface area contributed by atoms with Crippen molar-refractivity contribution in [3.05, 3.63) is 33.4 Å². The van der Waals surface area contributed by atoms with E-state index in [2.05, 4.69) is 0 Å². The molecule has 3 rings (SSSR count). The molecule has 0 unspecified atom stereocenters. The van der Waals surface area contributed by atoms with Crippen molar-refractivity contribution in [3.63, 3.8) is 0 Å². The number of rotatable bonds is 2. The number of hydrogen-bond acceptors (Lipinski definition) is 4. The third kappa shape index (κ3) is 2.82. The van der Waals surface area contributed by atoms with Gasteiger partial charge in [0.05, 0.1) is 11.7 Å². The lowest BCUT2D eigenvalue weighted by Crippen LogP contribution is -2.50. The molecule has 0 bridgehead atoms. The maximum Gasteiger partial charge on any atom is 0.336 e. The number of ether oxygens (including phenoxy) is 1. The van der Waals surface area contributed by atoms with Gasteiger partial charge < -0.3 is 14.1 Å². The van der Waals surface area contributed by atoms with Crippen LogP contribution < -0.4 is 5.63 Å². The molecule has 2 fully saturated rings. The van der Waals surface area contributed by atoms with Gasteiger partial charge >= 0.3 is 5.63 Å². The molecule has 1 aromatic heterocycles. The second kappa shape index (κ2) is 6.11. The van der Waals surface area contributed by atoms with Gasteiger partial charge in [-0.25, -0.2) is 4.79 Å². The van der Waals surface area contributed by atoms with Crippen LogP contribution >= 0.6 is 0 Å². The minimum Gasteiger partial charge on any atom is -0.427 e. The first-order valence-corrected chi connectivity index (χ1v) is 8.40. The summed E-state index contributed by atoms with van der Waals surface area (Å²) in [6.07, 6.45) is 5.73. The monoisotopic (exact) mass is 319 g/mol. The maximum atomic E-state index is 13.0. The first kappa shape index (κ1) is 16.2. The summed E-state index contributed by atoms with van der Waals surface area (Å²) < 4.78 is 10.8. The number of amides is 1. The van der Waals surface area contributed by atoms with Crippen LogP contribution in [0.1, 0.15) is 53.8 Å². The largest absolute Gasteiger partial charge is 0.427 e. The van der Waals surface area contributed by atoms with Crippen LogP contribution in [0.15, 0.2) is 15.3 Å². The van der Waals surface area contributed by atoms with Crippen molar-refractivity contribution in [2.24, 2.45) is 5.41 Å². The van der Waals surface area contributed by atoms with Crippen LogP contribution in [0.4, 0.5) is 0 Å². The van der Waals surface area contributed by atoms with Gasteiger partial charge in [0, 0.05) is 31.7 Å². The fraction of sp³-hybridized carbons (Fsp3) is 0.667. The maximum absolute atomic E-state index is 13.0. The van der Waals surface area contributed by atoms with Gasteiger partial charge in [-0.15, -0.1) is 0 Å². The number of aryl methyl sites for hydroxylation is 2. The molecule has 1 aliphatic carbocycles. The molecule has 1 aromatic rings. The van der Waals surface area contributed by atoms with E-state index in [0.717, 1.165) is 38.8 Å². The van der Waals surface area contributed by atoms with Crippen molar-refractivity contribution < 1.29 is 13.9 Å². The zero-order chi connectivity index (χ0) is 16.6. The molecule has 5 nitrogen and oxygen atoms in total. The highest BCUT2D eigenvalue weighted by atomic mass is 16.5. The molecule has 0 aromatic carbocycles. The quantitative estimate of drug-likeness (QED) is 0.841. The summed E-state index contributed by atoms with van der Waals surface area (Å²) in [6.45, 7) is 4.98. The van der Waals surface area contributed by atoms with Crippen LogP contribution in [0.25, 0.3) is 0 Å².